The van der Waals surface area contributed by atoms with E-state index in [0.29, 0.717) is 24.0 Å². The molecular weight excluding hydrogens is 465 g/mol. The number of aliphatic imine (C=N–C) groups is 1. The average molecular weight is 491 g/mol. The van der Waals surface area contributed by atoms with Gasteiger partial charge in [0.25, 0.3) is 0 Å². The number of nitrogens with two attached hydrogens (primary N) is 1. The van der Waals surface area contributed by atoms with Crippen LogP contribution in [-0.2, 0) is 13.0 Å². The molecule has 3 aromatic carbocycles. The molecule has 0 unspecified atom stereocenters. The van der Waals surface area contributed by atoms with Crippen LogP contribution in [0, 0.1) is 0 Å². The van der Waals surface area contributed by atoms with E-state index in [1.54, 1.807) is 14.2 Å². The zero-order chi connectivity index (χ0) is 19.1. The van der Waals surface area contributed by atoms with Gasteiger partial charge in [-0.05, 0) is 40.5 Å². The zero-order valence-corrected chi connectivity index (χ0v) is 18.5. The van der Waals surface area contributed by atoms with E-state index < -0.39 is 0 Å². The highest BCUT2D eigenvalue weighted by molar-refractivity contribution is 14.0. The molecule has 0 saturated carbocycles. The first-order valence-corrected chi connectivity index (χ1v) is 8.92. The van der Waals surface area contributed by atoms with Crippen molar-refractivity contribution in [3.05, 3.63) is 71.8 Å². The van der Waals surface area contributed by atoms with Gasteiger partial charge in [-0.2, -0.15) is 0 Å². The molecule has 0 bridgehead atoms. The SMILES string of the molecule is COc1ccc(CN=C(N)NCCc2cccc3ccccc23)cc1OC.I. The molecule has 0 radical (unpaired) electrons. The molecule has 0 fully saturated rings. The van der Waals surface area contributed by atoms with Crippen molar-refractivity contribution in [1.29, 1.82) is 0 Å². The molecule has 0 spiro atoms. The Kier molecular flexibility index (Phi) is 8.38. The summed E-state index contributed by atoms with van der Waals surface area (Å²) >= 11 is 0. The van der Waals surface area contributed by atoms with Gasteiger partial charge < -0.3 is 20.5 Å². The van der Waals surface area contributed by atoms with E-state index >= 15 is 0 Å². The fourth-order valence-corrected chi connectivity index (χ4v) is 3.05. The molecule has 0 amide bonds. The second-order valence-electron chi connectivity index (χ2n) is 6.21. The maximum absolute atomic E-state index is 6.01. The van der Waals surface area contributed by atoms with Gasteiger partial charge in [-0.1, -0.05) is 48.5 Å². The molecule has 28 heavy (non-hydrogen) atoms. The number of nitrogens with zero attached hydrogens (tertiary/aromatic N) is 1. The van der Waals surface area contributed by atoms with E-state index in [0.717, 1.165) is 18.5 Å². The van der Waals surface area contributed by atoms with E-state index in [4.69, 9.17) is 15.2 Å². The predicted octanol–water partition coefficient (Wildman–Crippen LogP) is 4.12. The third kappa shape index (κ3) is 5.51. The Balaban J connectivity index is 0.00000280. The molecular formula is C22H26IN3O2. The van der Waals surface area contributed by atoms with Gasteiger partial charge in [0.15, 0.2) is 17.5 Å². The van der Waals surface area contributed by atoms with Crippen LogP contribution in [0.5, 0.6) is 11.5 Å². The lowest BCUT2D eigenvalue weighted by molar-refractivity contribution is 0.354. The summed E-state index contributed by atoms with van der Waals surface area (Å²) in [6.45, 7) is 1.21. The number of methoxy groups -OCH3 is 2. The molecule has 3 rings (SSSR count). The van der Waals surface area contributed by atoms with Gasteiger partial charge in [0, 0.05) is 6.54 Å². The van der Waals surface area contributed by atoms with Crippen molar-refractivity contribution in [3.8, 4) is 11.5 Å². The van der Waals surface area contributed by atoms with E-state index in [1.165, 1.54) is 16.3 Å². The van der Waals surface area contributed by atoms with E-state index in [1.807, 2.05) is 18.2 Å². The van der Waals surface area contributed by atoms with Crippen molar-refractivity contribution in [2.24, 2.45) is 10.7 Å². The molecule has 3 N–H and O–H groups in total. The highest BCUT2D eigenvalue weighted by atomic mass is 127. The third-order valence-electron chi connectivity index (χ3n) is 4.46. The number of hydrogen-bond donors (Lipinski definition) is 2. The maximum atomic E-state index is 6.01. The zero-order valence-electron chi connectivity index (χ0n) is 16.1. The van der Waals surface area contributed by atoms with Gasteiger partial charge in [0.05, 0.1) is 20.8 Å². The number of guanidine groups is 1. The van der Waals surface area contributed by atoms with Crippen molar-refractivity contribution < 1.29 is 9.47 Å². The van der Waals surface area contributed by atoms with Crippen LogP contribution in [0.15, 0.2) is 65.7 Å². The molecule has 0 aromatic heterocycles. The molecule has 0 atom stereocenters. The summed E-state index contributed by atoms with van der Waals surface area (Å²) in [5.74, 6) is 1.82. The van der Waals surface area contributed by atoms with Crippen LogP contribution in [0.25, 0.3) is 10.8 Å². The van der Waals surface area contributed by atoms with Crippen molar-refractivity contribution in [1.82, 2.24) is 5.32 Å². The first kappa shape index (κ1) is 21.8. The summed E-state index contributed by atoms with van der Waals surface area (Å²) in [5.41, 5.74) is 8.31. The Morgan fingerprint density at radius 1 is 0.964 bits per heavy atom. The fourth-order valence-electron chi connectivity index (χ4n) is 3.05. The van der Waals surface area contributed by atoms with Crippen molar-refractivity contribution in [3.63, 3.8) is 0 Å². The third-order valence-corrected chi connectivity index (χ3v) is 4.46. The normalized spacial score (nSPS) is 11.0. The van der Waals surface area contributed by atoms with Gasteiger partial charge in [-0.3, -0.25) is 0 Å². The first-order chi connectivity index (χ1) is 13.2. The molecule has 5 nitrogen and oxygen atoms in total. The largest absolute Gasteiger partial charge is 0.493 e. The number of fused-ring (bicyclic) bond motifs is 1. The number of rotatable bonds is 7. The average Bonchev–Trinajstić information content (AvgIpc) is 2.72. The minimum absolute atomic E-state index is 0. The molecule has 148 valence electrons. The topological polar surface area (TPSA) is 68.9 Å². The van der Waals surface area contributed by atoms with E-state index in [-0.39, 0.29) is 24.0 Å². The standard InChI is InChI=1S/C22H25N3O2.HI/c1-26-20-11-10-16(14-21(20)27-2)15-25-22(23)24-13-12-18-8-5-7-17-6-3-4-9-19(17)18;/h3-11,14H,12-13,15H2,1-2H3,(H3,23,24,25);1H. The van der Waals surface area contributed by atoms with Crippen molar-refractivity contribution in [2.75, 3.05) is 20.8 Å². The minimum Gasteiger partial charge on any atom is -0.493 e. The molecule has 0 aliphatic carbocycles. The highest BCUT2D eigenvalue weighted by Crippen LogP contribution is 2.27. The summed E-state index contributed by atoms with van der Waals surface area (Å²) < 4.78 is 10.6. The van der Waals surface area contributed by atoms with Crippen LogP contribution in [0.2, 0.25) is 0 Å². The summed E-state index contributed by atoms with van der Waals surface area (Å²) in [6, 6.07) is 20.5. The molecule has 3 aromatic rings. The Bertz CT molecular complexity index is 939. The highest BCUT2D eigenvalue weighted by Gasteiger charge is 2.04. The Labute approximate surface area is 183 Å². The van der Waals surface area contributed by atoms with Gasteiger partial charge in [0.1, 0.15) is 0 Å². The number of hydrogen-bond acceptors (Lipinski definition) is 3. The van der Waals surface area contributed by atoms with Crippen LogP contribution < -0.4 is 20.5 Å². The minimum atomic E-state index is 0. The Morgan fingerprint density at radius 3 is 2.50 bits per heavy atom. The second kappa shape index (κ2) is 10.8. The fraction of sp³-hybridized carbons (Fsp3) is 0.227. The molecule has 0 aliphatic rings. The smallest absolute Gasteiger partial charge is 0.188 e. The number of nitrogens with one attached hydrogen (secondary N) is 1. The van der Waals surface area contributed by atoms with Gasteiger partial charge in [-0.15, -0.1) is 24.0 Å². The van der Waals surface area contributed by atoms with Gasteiger partial charge >= 0.3 is 0 Å². The quantitative estimate of drug-likeness (QED) is 0.297. The summed E-state index contributed by atoms with van der Waals surface area (Å²) in [7, 11) is 3.24. The second-order valence-corrected chi connectivity index (χ2v) is 6.21. The van der Waals surface area contributed by atoms with Crippen LogP contribution in [0.3, 0.4) is 0 Å². The molecule has 0 aliphatic heterocycles. The monoisotopic (exact) mass is 491 g/mol. The van der Waals surface area contributed by atoms with Crippen LogP contribution in [0.4, 0.5) is 0 Å². The van der Waals surface area contributed by atoms with Crippen LogP contribution >= 0.6 is 24.0 Å². The van der Waals surface area contributed by atoms with E-state index in [2.05, 4.69) is 52.8 Å². The van der Waals surface area contributed by atoms with Crippen molar-refractivity contribution in [2.45, 2.75) is 13.0 Å². The lowest BCUT2D eigenvalue weighted by Gasteiger charge is -2.10. The first-order valence-electron chi connectivity index (χ1n) is 8.92. The van der Waals surface area contributed by atoms with Gasteiger partial charge in [0.2, 0.25) is 0 Å². The molecule has 0 heterocycles. The number of ether oxygens (including phenoxy) is 2. The molecule has 6 heteroatoms. The van der Waals surface area contributed by atoms with Crippen LogP contribution in [0.1, 0.15) is 11.1 Å². The number of halogens is 1. The summed E-state index contributed by atoms with van der Waals surface area (Å²) in [6.07, 6.45) is 0.883. The van der Waals surface area contributed by atoms with Crippen molar-refractivity contribution >= 4 is 40.7 Å². The number of benzene rings is 3. The lowest BCUT2D eigenvalue weighted by atomic mass is 10.0. The Hall–Kier alpha value is -2.48. The van der Waals surface area contributed by atoms with Gasteiger partial charge in [-0.25, -0.2) is 4.99 Å². The maximum Gasteiger partial charge on any atom is 0.188 e. The van der Waals surface area contributed by atoms with Crippen LogP contribution in [-0.4, -0.2) is 26.7 Å². The predicted molar refractivity (Wildman–Crippen MR) is 126 cm³/mol. The van der Waals surface area contributed by atoms with E-state index in [9.17, 15) is 0 Å². The Morgan fingerprint density at radius 2 is 1.71 bits per heavy atom. The summed E-state index contributed by atoms with van der Waals surface area (Å²) in [5, 5.41) is 5.72. The lowest BCUT2D eigenvalue weighted by Crippen LogP contribution is -2.33. The molecule has 0 saturated heterocycles. The summed E-state index contributed by atoms with van der Waals surface area (Å²) in [4.78, 5) is 4.41.